The van der Waals surface area contributed by atoms with E-state index in [1.165, 1.54) is 0 Å². The first-order valence-corrected chi connectivity index (χ1v) is 7.77. The zero-order valence-corrected chi connectivity index (χ0v) is 12.6. The number of likely N-dealkylation sites (tertiary alicyclic amines) is 2. The Bertz CT molecular complexity index is 518. The van der Waals surface area contributed by atoms with Crippen molar-refractivity contribution in [1.29, 1.82) is 5.26 Å². The van der Waals surface area contributed by atoms with Crippen LogP contribution in [0.2, 0.25) is 0 Å². The van der Waals surface area contributed by atoms with Gasteiger partial charge < -0.3 is 15.1 Å². The minimum Gasteiger partial charge on any atom is -0.333 e. The molecule has 0 aromatic carbocycles. The molecule has 3 rings (SSSR count). The van der Waals surface area contributed by atoms with Crippen LogP contribution in [-0.4, -0.2) is 48.1 Å². The normalized spacial score (nSPS) is 28.9. The number of rotatable bonds is 2. The number of nitrogens with one attached hydrogen (secondary N) is 1. The van der Waals surface area contributed by atoms with E-state index >= 15 is 0 Å². The van der Waals surface area contributed by atoms with Crippen LogP contribution in [-0.2, 0) is 0 Å². The Labute approximate surface area is 129 Å². The quantitative estimate of drug-likeness (QED) is 0.793. The van der Waals surface area contributed by atoms with Crippen molar-refractivity contribution >= 4 is 17.6 Å². The van der Waals surface area contributed by atoms with Gasteiger partial charge in [0.05, 0.1) is 6.04 Å². The number of carbonyl (C=O) groups excluding carboxylic acids is 1. The molecule has 21 heavy (non-hydrogen) atoms. The lowest BCUT2D eigenvalue weighted by molar-refractivity contribution is 0.0953. The molecule has 2 amide bonds. The van der Waals surface area contributed by atoms with E-state index in [0.29, 0.717) is 18.4 Å². The first kappa shape index (κ1) is 14.3. The number of urea groups is 1. The fourth-order valence-corrected chi connectivity index (χ4v) is 3.31. The van der Waals surface area contributed by atoms with Gasteiger partial charge in [-0.05, 0) is 24.8 Å². The SMILES string of the molecule is N#CN1CC[C@@H](NC(=O)N2CC(C3C=CC(Cl)=CC3)C2)C1. The molecule has 2 fully saturated rings. The minimum atomic E-state index is 0.00408. The summed E-state index contributed by atoms with van der Waals surface area (Å²) in [5, 5.41) is 12.6. The first-order chi connectivity index (χ1) is 10.2. The Morgan fingerprint density at radius 1 is 1.43 bits per heavy atom. The molecule has 0 spiro atoms. The molecule has 6 heteroatoms. The zero-order chi connectivity index (χ0) is 14.8. The number of allylic oxidation sites excluding steroid dienone is 4. The standard InChI is InChI=1S/C15H19ClN4O/c16-13-3-1-11(2-4-13)12-7-20(8-12)15(21)18-14-5-6-19(9-14)10-17/h1,3-4,11-12,14H,2,5-9H2,(H,18,21)/t11?,14-/m1/s1. The second-order valence-corrected chi connectivity index (χ2v) is 6.43. The molecule has 1 N–H and O–H groups in total. The van der Waals surface area contributed by atoms with Crippen LogP contribution in [0.5, 0.6) is 0 Å². The van der Waals surface area contributed by atoms with E-state index in [4.69, 9.17) is 16.9 Å². The van der Waals surface area contributed by atoms with Gasteiger partial charge in [-0.2, -0.15) is 5.26 Å². The van der Waals surface area contributed by atoms with E-state index in [1.54, 1.807) is 4.90 Å². The lowest BCUT2D eigenvalue weighted by atomic mass is 9.82. The lowest BCUT2D eigenvalue weighted by Gasteiger charge is -2.43. The maximum Gasteiger partial charge on any atom is 0.317 e. The van der Waals surface area contributed by atoms with Gasteiger partial charge in [-0.3, -0.25) is 0 Å². The minimum absolute atomic E-state index is 0.00408. The number of nitrogens with zero attached hydrogens (tertiary/aromatic N) is 3. The molecule has 0 bridgehead atoms. The molecule has 0 radical (unpaired) electrons. The van der Waals surface area contributed by atoms with Crippen molar-refractivity contribution in [3.63, 3.8) is 0 Å². The average molecular weight is 307 g/mol. The summed E-state index contributed by atoms with van der Waals surface area (Å²) in [5.41, 5.74) is 0. The summed E-state index contributed by atoms with van der Waals surface area (Å²) in [6.45, 7) is 2.99. The van der Waals surface area contributed by atoms with E-state index in [1.807, 2.05) is 17.1 Å². The predicted molar refractivity (Wildman–Crippen MR) is 80.4 cm³/mol. The van der Waals surface area contributed by atoms with E-state index in [-0.39, 0.29) is 12.1 Å². The van der Waals surface area contributed by atoms with Crippen LogP contribution < -0.4 is 5.32 Å². The van der Waals surface area contributed by atoms with Crippen LogP contribution in [0.25, 0.3) is 0 Å². The highest BCUT2D eigenvalue weighted by molar-refractivity contribution is 6.31. The van der Waals surface area contributed by atoms with Crippen LogP contribution in [0, 0.1) is 23.3 Å². The Kier molecular flexibility index (Phi) is 4.07. The molecule has 0 saturated carbocycles. The molecule has 1 aliphatic carbocycles. The van der Waals surface area contributed by atoms with Crippen molar-refractivity contribution < 1.29 is 4.79 Å². The first-order valence-electron chi connectivity index (χ1n) is 7.39. The third-order valence-corrected chi connectivity index (χ3v) is 4.83. The van der Waals surface area contributed by atoms with Gasteiger partial charge in [0.1, 0.15) is 0 Å². The van der Waals surface area contributed by atoms with Crippen LogP contribution >= 0.6 is 11.6 Å². The van der Waals surface area contributed by atoms with Crippen LogP contribution in [0.4, 0.5) is 4.79 Å². The van der Waals surface area contributed by atoms with Crippen LogP contribution in [0.15, 0.2) is 23.3 Å². The summed E-state index contributed by atoms with van der Waals surface area (Å²) in [7, 11) is 0. The number of amides is 2. The Balaban J connectivity index is 1.41. The van der Waals surface area contributed by atoms with Crippen molar-refractivity contribution in [2.75, 3.05) is 26.2 Å². The Morgan fingerprint density at radius 2 is 2.24 bits per heavy atom. The van der Waals surface area contributed by atoms with Crippen molar-refractivity contribution in [2.24, 2.45) is 11.8 Å². The van der Waals surface area contributed by atoms with E-state index in [9.17, 15) is 4.79 Å². The summed E-state index contributed by atoms with van der Waals surface area (Å²) in [4.78, 5) is 15.7. The van der Waals surface area contributed by atoms with Crippen molar-refractivity contribution in [3.8, 4) is 6.19 Å². The molecule has 1 unspecified atom stereocenters. The summed E-state index contributed by atoms with van der Waals surface area (Å²) in [6.07, 6.45) is 10.1. The average Bonchev–Trinajstić information content (AvgIpc) is 2.87. The van der Waals surface area contributed by atoms with E-state index in [0.717, 1.165) is 37.5 Å². The van der Waals surface area contributed by atoms with Gasteiger partial charge in [0, 0.05) is 37.1 Å². The molecule has 2 saturated heterocycles. The molecule has 112 valence electrons. The van der Waals surface area contributed by atoms with Gasteiger partial charge in [0.25, 0.3) is 0 Å². The fraction of sp³-hybridized carbons (Fsp3) is 0.600. The monoisotopic (exact) mass is 306 g/mol. The molecule has 0 aromatic heterocycles. The van der Waals surface area contributed by atoms with Gasteiger partial charge in [-0.25, -0.2) is 4.79 Å². The number of hydrogen-bond acceptors (Lipinski definition) is 3. The molecule has 2 aliphatic heterocycles. The molecule has 5 nitrogen and oxygen atoms in total. The third-order valence-electron chi connectivity index (χ3n) is 4.55. The van der Waals surface area contributed by atoms with Crippen molar-refractivity contribution in [1.82, 2.24) is 15.1 Å². The van der Waals surface area contributed by atoms with Gasteiger partial charge in [0.2, 0.25) is 0 Å². The van der Waals surface area contributed by atoms with Gasteiger partial charge in [-0.1, -0.05) is 23.8 Å². The predicted octanol–water partition coefficient (Wildman–Crippen LogP) is 1.88. The lowest BCUT2D eigenvalue weighted by Crippen LogP contribution is -2.57. The third kappa shape index (κ3) is 3.16. The summed E-state index contributed by atoms with van der Waals surface area (Å²) in [6, 6.07) is 0.108. The molecule has 0 aromatic rings. The topological polar surface area (TPSA) is 59.4 Å². The second kappa shape index (κ2) is 5.98. The molecule has 2 heterocycles. The van der Waals surface area contributed by atoms with Gasteiger partial charge >= 0.3 is 6.03 Å². The molecular weight excluding hydrogens is 288 g/mol. The Hall–Kier alpha value is -1.67. The van der Waals surface area contributed by atoms with E-state index in [2.05, 4.69) is 17.6 Å². The molecule has 3 aliphatic rings. The number of carbonyl (C=O) groups is 1. The number of hydrogen-bond donors (Lipinski definition) is 1. The molecule has 2 atom stereocenters. The highest BCUT2D eigenvalue weighted by atomic mass is 35.5. The summed E-state index contributed by atoms with van der Waals surface area (Å²) < 4.78 is 0. The smallest absolute Gasteiger partial charge is 0.317 e. The fourth-order valence-electron chi connectivity index (χ4n) is 3.14. The summed E-state index contributed by atoms with van der Waals surface area (Å²) >= 11 is 5.92. The largest absolute Gasteiger partial charge is 0.333 e. The van der Waals surface area contributed by atoms with Gasteiger partial charge in [0.15, 0.2) is 6.19 Å². The van der Waals surface area contributed by atoms with E-state index < -0.39 is 0 Å². The molecular formula is C15H19ClN4O. The highest BCUT2D eigenvalue weighted by Gasteiger charge is 2.36. The number of nitriles is 1. The maximum absolute atomic E-state index is 12.1. The maximum atomic E-state index is 12.1. The summed E-state index contributed by atoms with van der Waals surface area (Å²) in [5.74, 6) is 1.03. The van der Waals surface area contributed by atoms with Crippen molar-refractivity contribution in [3.05, 3.63) is 23.3 Å². The highest BCUT2D eigenvalue weighted by Crippen LogP contribution is 2.31. The Morgan fingerprint density at radius 3 is 2.86 bits per heavy atom. The van der Waals surface area contributed by atoms with Crippen LogP contribution in [0.3, 0.4) is 0 Å². The van der Waals surface area contributed by atoms with Crippen LogP contribution in [0.1, 0.15) is 12.8 Å². The number of halogens is 1. The second-order valence-electron chi connectivity index (χ2n) is 5.99. The zero-order valence-electron chi connectivity index (χ0n) is 11.8. The van der Waals surface area contributed by atoms with Gasteiger partial charge in [-0.15, -0.1) is 0 Å². The van der Waals surface area contributed by atoms with Crippen molar-refractivity contribution in [2.45, 2.75) is 18.9 Å².